The van der Waals surface area contributed by atoms with Crippen LogP contribution in [0, 0.1) is 6.92 Å². The van der Waals surface area contributed by atoms with E-state index in [4.69, 9.17) is 10.3 Å². The smallest absolute Gasteiger partial charge is 0.273 e. The van der Waals surface area contributed by atoms with E-state index < -0.39 is 0 Å². The Morgan fingerprint density at radius 2 is 2.33 bits per heavy atom. The summed E-state index contributed by atoms with van der Waals surface area (Å²) >= 11 is 0. The van der Waals surface area contributed by atoms with E-state index in [9.17, 15) is 4.79 Å². The van der Waals surface area contributed by atoms with Crippen LogP contribution in [-0.2, 0) is 0 Å². The lowest BCUT2D eigenvalue weighted by molar-refractivity contribution is 0.101. The summed E-state index contributed by atoms with van der Waals surface area (Å²) in [5.41, 5.74) is 6.91. The fraction of sp³-hybridized carbons (Fsp3) is 0.333. The average molecular weight is 246 g/mol. The quantitative estimate of drug-likeness (QED) is 0.866. The van der Waals surface area contributed by atoms with Gasteiger partial charge in [0.1, 0.15) is 11.5 Å². The summed E-state index contributed by atoms with van der Waals surface area (Å²) in [6.07, 6.45) is 4.00. The van der Waals surface area contributed by atoms with Gasteiger partial charge in [0, 0.05) is 18.3 Å². The number of nitrogen functional groups attached to an aromatic ring is 1. The molecule has 3 rings (SSSR count). The molecule has 2 heterocycles. The van der Waals surface area contributed by atoms with Gasteiger partial charge in [-0.3, -0.25) is 4.79 Å². The molecule has 1 aliphatic rings. The first kappa shape index (κ1) is 10.9. The minimum Gasteiger partial charge on any atom is -0.397 e. The van der Waals surface area contributed by atoms with Crippen molar-refractivity contribution >= 4 is 17.4 Å². The van der Waals surface area contributed by atoms with Crippen LogP contribution in [0.4, 0.5) is 11.5 Å². The van der Waals surface area contributed by atoms with Crippen molar-refractivity contribution in [3.63, 3.8) is 0 Å². The van der Waals surface area contributed by atoms with Crippen molar-refractivity contribution in [2.24, 2.45) is 0 Å². The minimum atomic E-state index is -0.216. The van der Waals surface area contributed by atoms with Crippen LogP contribution in [0.15, 0.2) is 22.9 Å². The number of carbonyl (C=O) groups excluding carboxylic acids is 1. The van der Waals surface area contributed by atoms with Gasteiger partial charge < -0.3 is 20.1 Å². The van der Waals surface area contributed by atoms with Gasteiger partial charge in [-0.2, -0.15) is 0 Å². The number of amides is 1. The number of nitrogens with two attached hydrogens (primary N) is 1. The zero-order valence-corrected chi connectivity index (χ0v) is 10.0. The SMILES string of the molecule is Cc1cc(NC(=O)c2cc(N)cn2C2CC2)no1. The van der Waals surface area contributed by atoms with Gasteiger partial charge in [-0.15, -0.1) is 0 Å². The van der Waals surface area contributed by atoms with Crippen LogP contribution in [0.25, 0.3) is 0 Å². The third-order valence-corrected chi connectivity index (χ3v) is 2.91. The Morgan fingerprint density at radius 1 is 1.56 bits per heavy atom. The third-order valence-electron chi connectivity index (χ3n) is 2.91. The molecular weight excluding hydrogens is 232 g/mol. The molecule has 3 N–H and O–H groups in total. The molecule has 6 heteroatoms. The van der Waals surface area contributed by atoms with Gasteiger partial charge in [-0.05, 0) is 25.8 Å². The van der Waals surface area contributed by atoms with Crippen molar-refractivity contribution in [1.29, 1.82) is 0 Å². The third kappa shape index (κ3) is 1.97. The molecule has 1 saturated carbocycles. The first-order valence-electron chi connectivity index (χ1n) is 5.85. The molecule has 1 fully saturated rings. The van der Waals surface area contributed by atoms with E-state index in [1.165, 1.54) is 0 Å². The molecule has 0 spiro atoms. The highest BCUT2D eigenvalue weighted by Crippen LogP contribution is 2.37. The molecule has 0 aliphatic heterocycles. The monoisotopic (exact) mass is 246 g/mol. The van der Waals surface area contributed by atoms with E-state index in [-0.39, 0.29) is 5.91 Å². The zero-order chi connectivity index (χ0) is 12.7. The number of nitrogens with zero attached hydrogens (tertiary/aromatic N) is 2. The van der Waals surface area contributed by atoms with Crippen LogP contribution in [0.1, 0.15) is 35.1 Å². The summed E-state index contributed by atoms with van der Waals surface area (Å²) in [6.45, 7) is 1.77. The van der Waals surface area contributed by atoms with Crippen LogP contribution in [-0.4, -0.2) is 15.6 Å². The van der Waals surface area contributed by atoms with Crippen molar-refractivity contribution in [3.05, 3.63) is 29.8 Å². The van der Waals surface area contributed by atoms with Crippen molar-refractivity contribution in [2.45, 2.75) is 25.8 Å². The Balaban J connectivity index is 1.83. The number of carbonyl (C=O) groups is 1. The molecule has 0 unspecified atom stereocenters. The average Bonchev–Trinajstić information content (AvgIpc) is 2.98. The van der Waals surface area contributed by atoms with Crippen LogP contribution in [0.5, 0.6) is 0 Å². The molecule has 2 aromatic rings. The summed E-state index contributed by atoms with van der Waals surface area (Å²) in [4.78, 5) is 12.1. The van der Waals surface area contributed by atoms with Gasteiger partial charge >= 0.3 is 0 Å². The van der Waals surface area contributed by atoms with Gasteiger partial charge in [-0.25, -0.2) is 0 Å². The van der Waals surface area contributed by atoms with Gasteiger partial charge in [0.15, 0.2) is 5.82 Å². The second-order valence-corrected chi connectivity index (χ2v) is 4.57. The molecule has 94 valence electrons. The van der Waals surface area contributed by atoms with Crippen molar-refractivity contribution in [2.75, 3.05) is 11.1 Å². The minimum absolute atomic E-state index is 0.216. The first-order valence-corrected chi connectivity index (χ1v) is 5.85. The number of hydrogen-bond acceptors (Lipinski definition) is 4. The largest absolute Gasteiger partial charge is 0.397 e. The molecule has 0 atom stereocenters. The lowest BCUT2D eigenvalue weighted by Crippen LogP contribution is -2.16. The molecule has 0 bridgehead atoms. The molecule has 6 nitrogen and oxygen atoms in total. The van der Waals surface area contributed by atoms with Crippen LogP contribution in [0.2, 0.25) is 0 Å². The van der Waals surface area contributed by atoms with Crippen LogP contribution in [0.3, 0.4) is 0 Å². The van der Waals surface area contributed by atoms with Crippen LogP contribution >= 0.6 is 0 Å². The molecular formula is C12H14N4O2. The summed E-state index contributed by atoms with van der Waals surface area (Å²) in [5.74, 6) is 0.855. The lowest BCUT2D eigenvalue weighted by atomic mass is 10.3. The number of rotatable bonds is 3. The van der Waals surface area contributed by atoms with Gasteiger partial charge in [0.05, 0.1) is 5.69 Å². The number of hydrogen-bond donors (Lipinski definition) is 2. The Bertz CT molecular complexity index is 595. The Labute approximate surface area is 104 Å². The zero-order valence-electron chi connectivity index (χ0n) is 10.0. The van der Waals surface area contributed by atoms with E-state index in [1.807, 2.05) is 4.57 Å². The van der Waals surface area contributed by atoms with Crippen molar-refractivity contribution in [1.82, 2.24) is 9.72 Å². The predicted molar refractivity (Wildman–Crippen MR) is 66.3 cm³/mol. The van der Waals surface area contributed by atoms with E-state index >= 15 is 0 Å². The second-order valence-electron chi connectivity index (χ2n) is 4.57. The summed E-state index contributed by atoms with van der Waals surface area (Å²) in [6, 6.07) is 3.76. The van der Waals surface area contributed by atoms with E-state index in [2.05, 4.69) is 10.5 Å². The predicted octanol–water partition coefficient (Wildman–Crippen LogP) is 1.95. The van der Waals surface area contributed by atoms with Gasteiger partial charge in [0.25, 0.3) is 5.91 Å². The van der Waals surface area contributed by atoms with Gasteiger partial charge in [-0.1, -0.05) is 5.16 Å². The van der Waals surface area contributed by atoms with E-state index in [0.717, 1.165) is 12.8 Å². The van der Waals surface area contributed by atoms with Crippen molar-refractivity contribution in [3.8, 4) is 0 Å². The molecule has 1 amide bonds. The number of aryl methyl sites for hydroxylation is 1. The Morgan fingerprint density at radius 3 is 2.94 bits per heavy atom. The first-order chi connectivity index (χ1) is 8.63. The maximum absolute atomic E-state index is 12.1. The summed E-state index contributed by atoms with van der Waals surface area (Å²) in [5, 5.41) is 6.43. The van der Waals surface area contributed by atoms with E-state index in [1.54, 1.807) is 25.3 Å². The highest BCUT2D eigenvalue weighted by atomic mass is 16.5. The molecule has 18 heavy (non-hydrogen) atoms. The van der Waals surface area contributed by atoms with Gasteiger partial charge in [0.2, 0.25) is 0 Å². The highest BCUT2D eigenvalue weighted by molar-refractivity contribution is 6.03. The van der Waals surface area contributed by atoms with Crippen molar-refractivity contribution < 1.29 is 9.32 Å². The standard InChI is InChI=1S/C12H14N4O2/c1-7-4-11(15-18-7)14-12(17)10-5-8(13)6-16(10)9-2-3-9/h4-6,9H,2-3,13H2,1H3,(H,14,15,17). The number of anilines is 2. The lowest BCUT2D eigenvalue weighted by Gasteiger charge is -2.06. The molecule has 0 aromatic carbocycles. The summed E-state index contributed by atoms with van der Waals surface area (Å²) in [7, 11) is 0. The Kier molecular flexibility index (Phi) is 2.36. The second kappa shape index (κ2) is 3.90. The fourth-order valence-corrected chi connectivity index (χ4v) is 1.94. The maximum atomic E-state index is 12.1. The number of aromatic nitrogens is 2. The molecule has 1 aliphatic carbocycles. The fourth-order valence-electron chi connectivity index (χ4n) is 1.94. The molecule has 0 saturated heterocycles. The van der Waals surface area contributed by atoms with E-state index in [0.29, 0.717) is 29.0 Å². The number of nitrogens with one attached hydrogen (secondary N) is 1. The normalized spacial score (nSPS) is 14.7. The molecule has 2 aromatic heterocycles. The Hall–Kier alpha value is -2.24. The van der Waals surface area contributed by atoms with Crippen LogP contribution < -0.4 is 11.1 Å². The highest BCUT2D eigenvalue weighted by Gasteiger charge is 2.27. The topological polar surface area (TPSA) is 86.1 Å². The maximum Gasteiger partial charge on any atom is 0.273 e. The molecule has 0 radical (unpaired) electrons. The summed E-state index contributed by atoms with van der Waals surface area (Å²) < 4.78 is 6.83.